The topological polar surface area (TPSA) is 49.8 Å². The third kappa shape index (κ3) is 1.07. The first kappa shape index (κ1) is 8.40. The van der Waals surface area contributed by atoms with Gasteiger partial charge in [-0.3, -0.25) is 0 Å². The molecule has 0 aliphatic heterocycles. The summed E-state index contributed by atoms with van der Waals surface area (Å²) in [4.78, 5) is 0. The second-order valence-corrected chi connectivity index (χ2v) is 2.06. The highest BCUT2D eigenvalue weighted by Gasteiger charge is 2.15. The van der Waals surface area contributed by atoms with Crippen LogP contribution in [0.1, 0.15) is 5.56 Å². The second kappa shape index (κ2) is 2.74. The number of benzene rings is 1. The van der Waals surface area contributed by atoms with Crippen LogP contribution in [0.3, 0.4) is 0 Å². The van der Waals surface area contributed by atoms with Crippen LogP contribution >= 0.6 is 0 Å². The van der Waals surface area contributed by atoms with Crippen LogP contribution in [-0.4, -0.2) is 0 Å². The lowest BCUT2D eigenvalue weighted by Gasteiger charge is -2.00. The van der Waals surface area contributed by atoms with Crippen molar-refractivity contribution in [3.8, 4) is 6.07 Å². The number of hydrogen-bond acceptors (Lipinski definition) is 2. The van der Waals surface area contributed by atoms with Crippen molar-refractivity contribution in [1.82, 2.24) is 0 Å². The molecule has 0 saturated heterocycles. The van der Waals surface area contributed by atoms with E-state index >= 15 is 0 Å². The fourth-order valence-electron chi connectivity index (χ4n) is 0.691. The van der Waals surface area contributed by atoms with E-state index in [0.717, 1.165) is 0 Å². The number of hydrogen-bond donors (Lipinski definition) is 1. The van der Waals surface area contributed by atoms with Gasteiger partial charge in [-0.05, 0) is 6.07 Å². The molecule has 0 amide bonds. The van der Waals surface area contributed by atoms with Gasteiger partial charge in [0.1, 0.15) is 11.8 Å². The number of nitrogen functional groups attached to an aromatic ring is 1. The Hall–Kier alpha value is -1.70. The SMILES string of the molecule is N#Cc1cc(F)c(N)c(F)c1F. The Morgan fingerprint density at radius 2 is 1.83 bits per heavy atom. The van der Waals surface area contributed by atoms with E-state index in [1.807, 2.05) is 0 Å². The van der Waals surface area contributed by atoms with Crippen LogP contribution in [0.2, 0.25) is 0 Å². The van der Waals surface area contributed by atoms with Gasteiger partial charge in [0, 0.05) is 0 Å². The summed E-state index contributed by atoms with van der Waals surface area (Å²) in [7, 11) is 0. The van der Waals surface area contributed by atoms with E-state index < -0.39 is 28.7 Å². The third-order valence-electron chi connectivity index (χ3n) is 1.31. The van der Waals surface area contributed by atoms with Gasteiger partial charge in [-0.2, -0.15) is 5.26 Å². The second-order valence-electron chi connectivity index (χ2n) is 2.06. The molecule has 5 heteroatoms. The Bertz CT molecular complexity index is 368. The van der Waals surface area contributed by atoms with Gasteiger partial charge in [-0.25, -0.2) is 13.2 Å². The molecule has 0 fully saturated rings. The minimum atomic E-state index is -1.52. The summed E-state index contributed by atoms with van der Waals surface area (Å²) in [6.07, 6.45) is 0. The number of nitrogens with zero attached hydrogens (tertiary/aromatic N) is 1. The molecule has 1 aromatic rings. The summed E-state index contributed by atoms with van der Waals surface area (Å²) in [5, 5.41) is 8.19. The van der Waals surface area contributed by atoms with E-state index in [1.54, 1.807) is 0 Å². The van der Waals surface area contributed by atoms with Crippen LogP contribution in [0, 0.1) is 28.8 Å². The zero-order valence-electron chi connectivity index (χ0n) is 5.74. The largest absolute Gasteiger partial charge is 0.394 e. The molecule has 0 aliphatic rings. The van der Waals surface area contributed by atoms with Crippen LogP contribution in [0.25, 0.3) is 0 Å². The van der Waals surface area contributed by atoms with Crippen LogP contribution in [0.4, 0.5) is 18.9 Å². The third-order valence-corrected chi connectivity index (χ3v) is 1.31. The molecule has 12 heavy (non-hydrogen) atoms. The van der Waals surface area contributed by atoms with Crippen molar-refractivity contribution in [2.75, 3.05) is 5.73 Å². The molecule has 0 bridgehead atoms. The van der Waals surface area contributed by atoms with E-state index in [1.165, 1.54) is 6.07 Å². The Morgan fingerprint density at radius 1 is 1.25 bits per heavy atom. The van der Waals surface area contributed by atoms with Gasteiger partial charge in [-0.15, -0.1) is 0 Å². The molecule has 62 valence electrons. The first-order chi connectivity index (χ1) is 5.57. The number of nitriles is 1. The molecule has 0 radical (unpaired) electrons. The zero-order valence-corrected chi connectivity index (χ0v) is 5.74. The highest BCUT2D eigenvalue weighted by atomic mass is 19.2. The van der Waals surface area contributed by atoms with Crippen molar-refractivity contribution in [1.29, 1.82) is 5.26 Å². The van der Waals surface area contributed by atoms with Crippen molar-refractivity contribution < 1.29 is 13.2 Å². The van der Waals surface area contributed by atoms with Crippen molar-refractivity contribution in [3.63, 3.8) is 0 Å². The van der Waals surface area contributed by atoms with Gasteiger partial charge in [-0.1, -0.05) is 0 Å². The lowest BCUT2D eigenvalue weighted by atomic mass is 10.2. The maximum absolute atomic E-state index is 12.6. The fourth-order valence-corrected chi connectivity index (χ4v) is 0.691. The monoisotopic (exact) mass is 172 g/mol. The molecular weight excluding hydrogens is 169 g/mol. The number of anilines is 1. The summed E-state index contributed by atoms with van der Waals surface area (Å²) in [5.41, 5.74) is 3.20. The average molecular weight is 172 g/mol. The summed E-state index contributed by atoms with van der Waals surface area (Å²) in [5.74, 6) is -4.08. The van der Waals surface area contributed by atoms with E-state index in [2.05, 4.69) is 0 Å². The zero-order chi connectivity index (χ0) is 9.30. The van der Waals surface area contributed by atoms with E-state index in [4.69, 9.17) is 11.0 Å². The maximum Gasteiger partial charge on any atom is 0.186 e. The Morgan fingerprint density at radius 3 is 2.33 bits per heavy atom. The summed E-state index contributed by atoms with van der Waals surface area (Å²) >= 11 is 0. The molecule has 0 unspecified atom stereocenters. The van der Waals surface area contributed by atoms with E-state index in [0.29, 0.717) is 6.07 Å². The predicted octanol–water partition coefficient (Wildman–Crippen LogP) is 1.56. The van der Waals surface area contributed by atoms with Crippen molar-refractivity contribution in [2.24, 2.45) is 0 Å². The van der Waals surface area contributed by atoms with E-state index in [9.17, 15) is 13.2 Å². The summed E-state index contributed by atoms with van der Waals surface area (Å²) < 4.78 is 37.7. The Balaban J connectivity index is 3.52. The highest BCUT2D eigenvalue weighted by Crippen LogP contribution is 2.20. The van der Waals surface area contributed by atoms with Gasteiger partial charge in [0.05, 0.1) is 5.56 Å². The number of halogens is 3. The summed E-state index contributed by atoms with van der Waals surface area (Å²) in [6.45, 7) is 0. The van der Waals surface area contributed by atoms with Crippen molar-refractivity contribution >= 4 is 5.69 Å². The maximum atomic E-state index is 12.6. The van der Waals surface area contributed by atoms with Gasteiger partial charge in [0.25, 0.3) is 0 Å². The molecule has 1 aromatic carbocycles. The minimum Gasteiger partial charge on any atom is -0.394 e. The molecule has 2 nitrogen and oxygen atoms in total. The highest BCUT2D eigenvalue weighted by molar-refractivity contribution is 5.47. The smallest absolute Gasteiger partial charge is 0.186 e. The molecule has 0 saturated carbocycles. The lowest BCUT2D eigenvalue weighted by Crippen LogP contribution is -2.01. The number of rotatable bonds is 0. The predicted molar refractivity (Wildman–Crippen MR) is 35.4 cm³/mol. The van der Waals surface area contributed by atoms with Gasteiger partial charge in [0.15, 0.2) is 17.5 Å². The molecule has 0 aromatic heterocycles. The lowest BCUT2D eigenvalue weighted by molar-refractivity contribution is 0.498. The van der Waals surface area contributed by atoms with Crippen LogP contribution in [-0.2, 0) is 0 Å². The van der Waals surface area contributed by atoms with Gasteiger partial charge in [0.2, 0.25) is 0 Å². The minimum absolute atomic E-state index is 0.549. The average Bonchev–Trinajstić information content (AvgIpc) is 2.08. The fraction of sp³-hybridized carbons (Fsp3) is 0. The number of nitrogens with two attached hydrogens (primary N) is 1. The standard InChI is InChI=1S/C7H3F3N2/c8-4-1-3(2-11)5(9)6(10)7(4)12/h1H,12H2. The normalized spacial score (nSPS) is 9.50. The first-order valence-electron chi connectivity index (χ1n) is 2.91. The quantitative estimate of drug-likeness (QED) is 0.476. The molecule has 0 heterocycles. The molecule has 1 rings (SSSR count). The van der Waals surface area contributed by atoms with E-state index in [-0.39, 0.29) is 0 Å². The molecule has 2 N–H and O–H groups in total. The van der Waals surface area contributed by atoms with Gasteiger partial charge < -0.3 is 5.73 Å². The van der Waals surface area contributed by atoms with Crippen LogP contribution in [0.15, 0.2) is 6.07 Å². The molecule has 0 aliphatic carbocycles. The first-order valence-corrected chi connectivity index (χ1v) is 2.91. The Kier molecular flexibility index (Phi) is 1.92. The van der Waals surface area contributed by atoms with Crippen LogP contribution < -0.4 is 5.73 Å². The molecular formula is C7H3F3N2. The van der Waals surface area contributed by atoms with Crippen molar-refractivity contribution in [3.05, 3.63) is 29.1 Å². The van der Waals surface area contributed by atoms with Crippen molar-refractivity contribution in [2.45, 2.75) is 0 Å². The summed E-state index contributed by atoms with van der Waals surface area (Å²) in [6, 6.07) is 1.84. The molecule has 0 spiro atoms. The van der Waals surface area contributed by atoms with Gasteiger partial charge >= 0.3 is 0 Å². The van der Waals surface area contributed by atoms with Crippen LogP contribution in [0.5, 0.6) is 0 Å². The molecule has 0 atom stereocenters. The Labute approximate surface area is 66.0 Å².